The van der Waals surface area contributed by atoms with Gasteiger partial charge in [-0.1, -0.05) is 0 Å². The zero-order valence-corrected chi connectivity index (χ0v) is 6.27. The summed E-state index contributed by atoms with van der Waals surface area (Å²) in [6.07, 6.45) is 0. The standard InChI is InChI=1S/CHF3OS.Na/c2-1(3,4)6-5;/h5H;/q;+1/p-1. The maximum Gasteiger partial charge on any atom is 1.00 e. The number of hydrogen-bond donors (Lipinski definition) is 0. The van der Waals surface area contributed by atoms with Crippen LogP contribution in [0.1, 0.15) is 0 Å². The normalized spacial score (nSPS) is 10.3. The maximum absolute atomic E-state index is 10.4. The van der Waals surface area contributed by atoms with E-state index >= 15 is 0 Å². The first-order valence-electron chi connectivity index (χ1n) is 0.938. The summed E-state index contributed by atoms with van der Waals surface area (Å²) in [7, 11) is 0. The minimum absolute atomic E-state index is 0. The average molecular weight is 140 g/mol. The smallest absolute Gasteiger partial charge is 0.793 e. The molecule has 0 aliphatic rings. The first kappa shape index (κ1) is 11.0. The van der Waals surface area contributed by atoms with E-state index in [-0.39, 0.29) is 29.6 Å². The number of hydrogen-bond acceptors (Lipinski definition) is 2. The summed E-state index contributed by atoms with van der Waals surface area (Å²) in [5, 5.41) is 0. The van der Waals surface area contributed by atoms with Crippen molar-refractivity contribution in [3.63, 3.8) is 0 Å². The van der Waals surface area contributed by atoms with Crippen molar-refractivity contribution in [3.8, 4) is 0 Å². The monoisotopic (exact) mass is 140 g/mol. The quantitative estimate of drug-likeness (QED) is 0.298. The number of halogens is 3. The van der Waals surface area contributed by atoms with Gasteiger partial charge >= 0.3 is 35.1 Å². The predicted molar refractivity (Wildman–Crippen MR) is 14.4 cm³/mol. The predicted octanol–water partition coefficient (Wildman–Crippen LogP) is -1.63. The third-order valence-electron chi connectivity index (χ3n) is 0.0945. The molecule has 0 rings (SSSR count). The summed E-state index contributed by atoms with van der Waals surface area (Å²) in [5.41, 5.74) is -4.60. The third-order valence-corrected chi connectivity index (χ3v) is 0.283. The molecule has 0 fully saturated rings. The van der Waals surface area contributed by atoms with Crippen LogP contribution in [-0.4, -0.2) is 10.1 Å². The fraction of sp³-hybridized carbons (Fsp3) is 1.00. The molecule has 0 saturated carbocycles. The van der Waals surface area contributed by atoms with Crippen LogP contribution < -0.4 is 29.6 Å². The SMILES string of the molecule is [Na+].[O-]SC(F)(F)F. The fourth-order valence-corrected chi connectivity index (χ4v) is 0. The van der Waals surface area contributed by atoms with Gasteiger partial charge in [0.25, 0.3) is 0 Å². The second-order valence-corrected chi connectivity index (χ2v) is 1.16. The molecule has 0 saturated heterocycles. The van der Waals surface area contributed by atoms with Crippen LogP contribution in [0.3, 0.4) is 0 Å². The van der Waals surface area contributed by atoms with Crippen molar-refractivity contribution in [1.82, 2.24) is 0 Å². The zero-order chi connectivity index (χ0) is 5.21. The minimum Gasteiger partial charge on any atom is -0.793 e. The summed E-state index contributed by atoms with van der Waals surface area (Å²) in [6, 6.07) is 0. The summed E-state index contributed by atoms with van der Waals surface area (Å²) < 4.78 is 40.0. The molecule has 0 aliphatic carbocycles. The zero-order valence-electron chi connectivity index (χ0n) is 3.45. The van der Waals surface area contributed by atoms with Crippen LogP contribution in [0.2, 0.25) is 0 Å². The molecule has 6 heteroatoms. The van der Waals surface area contributed by atoms with Gasteiger partial charge in [0, 0.05) is 0 Å². The molecule has 0 heterocycles. The van der Waals surface area contributed by atoms with E-state index in [1.54, 1.807) is 0 Å². The number of rotatable bonds is 0. The van der Waals surface area contributed by atoms with Crippen LogP contribution in [0.4, 0.5) is 13.2 Å². The van der Waals surface area contributed by atoms with Gasteiger partial charge in [0.2, 0.25) is 0 Å². The molecule has 0 aromatic heterocycles. The Hall–Kier alpha value is 1.10. The molecule has 0 unspecified atom stereocenters. The van der Waals surface area contributed by atoms with E-state index in [1.165, 1.54) is 0 Å². The van der Waals surface area contributed by atoms with E-state index in [0.29, 0.717) is 0 Å². The topological polar surface area (TPSA) is 23.1 Å². The van der Waals surface area contributed by atoms with Crippen molar-refractivity contribution in [2.45, 2.75) is 5.51 Å². The van der Waals surface area contributed by atoms with Gasteiger partial charge in [-0.2, -0.15) is 25.2 Å². The fourth-order valence-electron chi connectivity index (χ4n) is 0. The van der Waals surface area contributed by atoms with Crippen molar-refractivity contribution in [3.05, 3.63) is 0 Å². The Labute approximate surface area is 64.8 Å². The van der Waals surface area contributed by atoms with Crippen LogP contribution in [0.25, 0.3) is 0 Å². The van der Waals surface area contributed by atoms with E-state index in [9.17, 15) is 13.2 Å². The van der Waals surface area contributed by atoms with Crippen LogP contribution >= 0.6 is 12.0 Å². The van der Waals surface area contributed by atoms with Gasteiger partial charge in [-0.25, -0.2) is 0 Å². The second kappa shape index (κ2) is 4.03. The molecule has 0 amide bonds. The van der Waals surface area contributed by atoms with Crippen molar-refractivity contribution < 1.29 is 47.3 Å². The van der Waals surface area contributed by atoms with E-state index in [2.05, 4.69) is 0 Å². The van der Waals surface area contributed by atoms with Crippen molar-refractivity contribution in [2.75, 3.05) is 0 Å². The Kier molecular flexibility index (Phi) is 6.31. The molecule has 0 atom stereocenters. The summed E-state index contributed by atoms with van der Waals surface area (Å²) in [6.45, 7) is 0. The van der Waals surface area contributed by atoms with Gasteiger partial charge in [0.1, 0.15) is 0 Å². The molecule has 0 aromatic carbocycles. The summed E-state index contributed by atoms with van der Waals surface area (Å²) >= 11 is -1.37. The van der Waals surface area contributed by atoms with Gasteiger partial charge in [0.05, 0.1) is 0 Å². The maximum atomic E-state index is 10.4. The van der Waals surface area contributed by atoms with Gasteiger partial charge < -0.3 is 4.55 Å². The van der Waals surface area contributed by atoms with Crippen molar-refractivity contribution in [1.29, 1.82) is 0 Å². The molecule has 0 N–H and O–H groups in total. The summed E-state index contributed by atoms with van der Waals surface area (Å²) in [5.74, 6) is 0. The minimum atomic E-state index is -4.60. The van der Waals surface area contributed by atoms with Crippen LogP contribution in [-0.2, 0) is 0 Å². The molecular formula is CF3NaOS. The van der Waals surface area contributed by atoms with E-state index in [0.717, 1.165) is 0 Å². The van der Waals surface area contributed by atoms with Gasteiger partial charge in [-0.3, -0.25) is 0 Å². The molecular weight excluding hydrogens is 140 g/mol. The Balaban J connectivity index is 0. The van der Waals surface area contributed by atoms with Crippen LogP contribution in [0, 0.1) is 0 Å². The van der Waals surface area contributed by atoms with Gasteiger partial charge in [-0.05, 0) is 0 Å². The first-order valence-corrected chi connectivity index (χ1v) is 1.68. The third kappa shape index (κ3) is 11.0. The molecule has 0 bridgehead atoms. The van der Waals surface area contributed by atoms with Gasteiger partial charge in [-0.15, -0.1) is 0 Å². The molecule has 0 spiro atoms. The Morgan fingerprint density at radius 2 is 1.43 bits per heavy atom. The van der Waals surface area contributed by atoms with E-state index < -0.39 is 17.6 Å². The molecule has 1 nitrogen and oxygen atoms in total. The van der Waals surface area contributed by atoms with Crippen LogP contribution in [0.5, 0.6) is 0 Å². The molecule has 0 aliphatic heterocycles. The Morgan fingerprint density at radius 3 is 1.43 bits per heavy atom. The molecule has 0 aromatic rings. The average Bonchev–Trinajstić information content (AvgIpc) is 1.35. The molecule has 38 valence electrons. The van der Waals surface area contributed by atoms with E-state index in [1.807, 2.05) is 0 Å². The second-order valence-electron chi connectivity index (χ2n) is 0.529. The Morgan fingerprint density at radius 1 is 1.29 bits per heavy atom. The van der Waals surface area contributed by atoms with E-state index in [4.69, 9.17) is 4.55 Å². The molecule has 7 heavy (non-hydrogen) atoms. The largest absolute Gasteiger partial charge is 1.00 e. The Bertz CT molecular complexity index is 44.7. The number of alkyl halides is 3. The van der Waals surface area contributed by atoms with Crippen LogP contribution in [0.15, 0.2) is 0 Å². The van der Waals surface area contributed by atoms with Gasteiger partial charge in [0.15, 0.2) is 0 Å². The molecule has 0 radical (unpaired) electrons. The summed E-state index contributed by atoms with van der Waals surface area (Å²) in [4.78, 5) is 0. The van der Waals surface area contributed by atoms with Crippen molar-refractivity contribution in [2.24, 2.45) is 0 Å². The van der Waals surface area contributed by atoms with Crippen molar-refractivity contribution >= 4 is 12.0 Å². The first-order chi connectivity index (χ1) is 2.56.